The minimum Gasteiger partial charge on any atom is -0.493 e. The van der Waals surface area contributed by atoms with Crippen molar-refractivity contribution < 1.29 is 23.8 Å². The summed E-state index contributed by atoms with van der Waals surface area (Å²) in [6.07, 6.45) is 2.16. The molecule has 3 aromatic rings. The summed E-state index contributed by atoms with van der Waals surface area (Å²) >= 11 is 0. The van der Waals surface area contributed by atoms with Crippen LogP contribution in [0.2, 0.25) is 0 Å². The van der Waals surface area contributed by atoms with Crippen molar-refractivity contribution in [2.75, 3.05) is 32.2 Å². The van der Waals surface area contributed by atoms with Gasteiger partial charge in [-0.2, -0.15) is 0 Å². The van der Waals surface area contributed by atoms with Crippen molar-refractivity contribution >= 4 is 17.5 Å². The Balaban J connectivity index is 1.45. The topological polar surface area (TPSA) is 90.0 Å². The molecule has 0 fully saturated rings. The molecule has 2 aromatic carbocycles. The number of ether oxygens (including phenoxy) is 3. The van der Waals surface area contributed by atoms with Crippen LogP contribution in [0.25, 0.3) is 0 Å². The lowest BCUT2D eigenvalue weighted by Gasteiger charge is -2.21. The molecule has 0 aliphatic carbocycles. The van der Waals surface area contributed by atoms with Gasteiger partial charge in [0.2, 0.25) is 11.8 Å². The molecule has 1 aliphatic heterocycles. The van der Waals surface area contributed by atoms with Gasteiger partial charge in [-0.1, -0.05) is 18.2 Å². The molecule has 1 aliphatic rings. The summed E-state index contributed by atoms with van der Waals surface area (Å²) in [5, 5.41) is 2.88. The number of nitrogens with zero attached hydrogens (tertiary/aromatic N) is 2. The first-order valence-corrected chi connectivity index (χ1v) is 10.1. The number of para-hydroxylation sites is 2. The second kappa shape index (κ2) is 9.38. The number of methoxy groups -OCH3 is 2. The fourth-order valence-corrected chi connectivity index (χ4v) is 3.50. The Labute approximate surface area is 185 Å². The van der Waals surface area contributed by atoms with E-state index in [4.69, 9.17) is 14.2 Å². The van der Waals surface area contributed by atoms with Gasteiger partial charge in [-0.25, -0.2) is 4.98 Å². The number of carbonyl (C=O) groups is 2. The molecular formula is C24H23N3O5. The first-order chi connectivity index (χ1) is 15.6. The summed E-state index contributed by atoms with van der Waals surface area (Å²) in [6.45, 7) is 0.270. The Hall–Kier alpha value is -4.07. The van der Waals surface area contributed by atoms with Gasteiger partial charge in [0.05, 0.1) is 19.9 Å². The number of hydrogen-bond donors (Lipinski definition) is 1. The number of nitrogens with one attached hydrogen (secondary N) is 1. The number of carbonyl (C=O) groups excluding carboxylic acids is 2. The Morgan fingerprint density at radius 1 is 1.06 bits per heavy atom. The SMILES string of the molecule is COc1ccc(CCNC(=O)CN2C(=O)c3cccnc3Oc3ccccc32)cc1OC. The molecule has 0 saturated heterocycles. The lowest BCUT2D eigenvalue weighted by atomic mass is 10.1. The van der Waals surface area contributed by atoms with Gasteiger partial charge >= 0.3 is 0 Å². The summed E-state index contributed by atoms with van der Waals surface area (Å²) in [4.78, 5) is 31.4. The van der Waals surface area contributed by atoms with E-state index >= 15 is 0 Å². The lowest BCUT2D eigenvalue weighted by Crippen LogP contribution is -2.41. The van der Waals surface area contributed by atoms with Crippen LogP contribution >= 0.6 is 0 Å². The maximum absolute atomic E-state index is 13.2. The van der Waals surface area contributed by atoms with Gasteiger partial charge in [0, 0.05) is 12.7 Å². The van der Waals surface area contributed by atoms with Crippen molar-refractivity contribution in [1.82, 2.24) is 10.3 Å². The van der Waals surface area contributed by atoms with E-state index in [-0.39, 0.29) is 24.2 Å². The third kappa shape index (κ3) is 4.34. The Kier molecular flexibility index (Phi) is 6.21. The molecule has 1 N–H and O–H groups in total. The second-order valence-electron chi connectivity index (χ2n) is 7.11. The van der Waals surface area contributed by atoms with Crippen LogP contribution in [0, 0.1) is 0 Å². The molecule has 8 nitrogen and oxygen atoms in total. The number of hydrogen-bond acceptors (Lipinski definition) is 6. The van der Waals surface area contributed by atoms with Gasteiger partial charge in [0.15, 0.2) is 17.2 Å². The van der Waals surface area contributed by atoms with Crippen molar-refractivity contribution in [3.05, 3.63) is 71.9 Å². The molecule has 2 heterocycles. The highest BCUT2D eigenvalue weighted by Gasteiger charge is 2.30. The predicted molar refractivity (Wildman–Crippen MR) is 119 cm³/mol. The molecule has 0 bridgehead atoms. The van der Waals surface area contributed by atoms with Gasteiger partial charge in [0.25, 0.3) is 5.91 Å². The average molecular weight is 433 g/mol. The largest absolute Gasteiger partial charge is 0.493 e. The van der Waals surface area contributed by atoms with Crippen LogP contribution in [0.3, 0.4) is 0 Å². The molecular weight excluding hydrogens is 410 g/mol. The fraction of sp³-hybridized carbons (Fsp3) is 0.208. The highest BCUT2D eigenvalue weighted by atomic mass is 16.5. The smallest absolute Gasteiger partial charge is 0.264 e. The predicted octanol–water partition coefficient (Wildman–Crippen LogP) is 3.21. The number of fused-ring (bicyclic) bond motifs is 2. The van der Waals surface area contributed by atoms with E-state index in [1.807, 2.05) is 18.2 Å². The number of pyridine rings is 1. The van der Waals surface area contributed by atoms with Crippen molar-refractivity contribution in [3.8, 4) is 23.1 Å². The number of amides is 2. The van der Waals surface area contributed by atoms with Crippen LogP contribution in [0.1, 0.15) is 15.9 Å². The molecule has 1 aromatic heterocycles. The van der Waals surface area contributed by atoms with E-state index in [9.17, 15) is 9.59 Å². The van der Waals surface area contributed by atoms with Crippen molar-refractivity contribution in [2.45, 2.75) is 6.42 Å². The Morgan fingerprint density at radius 3 is 2.69 bits per heavy atom. The first-order valence-electron chi connectivity index (χ1n) is 10.1. The number of rotatable bonds is 7. The Morgan fingerprint density at radius 2 is 1.88 bits per heavy atom. The van der Waals surface area contributed by atoms with Crippen LogP contribution in [0.15, 0.2) is 60.8 Å². The zero-order valence-electron chi connectivity index (χ0n) is 17.8. The minimum atomic E-state index is -0.340. The van der Waals surface area contributed by atoms with Gasteiger partial charge in [-0.05, 0) is 48.4 Å². The van der Waals surface area contributed by atoms with E-state index in [1.165, 1.54) is 4.90 Å². The molecule has 32 heavy (non-hydrogen) atoms. The lowest BCUT2D eigenvalue weighted by molar-refractivity contribution is -0.119. The zero-order chi connectivity index (χ0) is 22.5. The molecule has 2 amide bonds. The summed E-state index contributed by atoms with van der Waals surface area (Å²) in [5.74, 6) is 1.36. The van der Waals surface area contributed by atoms with E-state index in [1.54, 1.807) is 56.8 Å². The summed E-state index contributed by atoms with van der Waals surface area (Å²) in [7, 11) is 3.16. The van der Waals surface area contributed by atoms with E-state index in [2.05, 4.69) is 10.3 Å². The molecule has 0 radical (unpaired) electrons. The fourth-order valence-electron chi connectivity index (χ4n) is 3.50. The molecule has 8 heteroatoms. The third-order valence-electron chi connectivity index (χ3n) is 5.09. The van der Waals surface area contributed by atoms with Crippen molar-refractivity contribution in [3.63, 3.8) is 0 Å². The molecule has 0 spiro atoms. The van der Waals surface area contributed by atoms with Crippen LogP contribution < -0.4 is 24.4 Å². The summed E-state index contributed by atoms with van der Waals surface area (Å²) in [5.41, 5.74) is 1.82. The van der Waals surface area contributed by atoms with Crippen LogP contribution in [0.4, 0.5) is 5.69 Å². The quantitative estimate of drug-likeness (QED) is 0.615. The normalized spacial score (nSPS) is 12.2. The van der Waals surface area contributed by atoms with Crippen LogP contribution in [-0.2, 0) is 11.2 Å². The maximum Gasteiger partial charge on any atom is 0.264 e. The molecule has 164 valence electrons. The van der Waals surface area contributed by atoms with E-state index in [0.29, 0.717) is 41.5 Å². The summed E-state index contributed by atoms with van der Waals surface area (Å²) in [6, 6.07) is 16.0. The zero-order valence-corrected chi connectivity index (χ0v) is 17.8. The number of anilines is 1. The number of benzene rings is 2. The molecule has 0 saturated carbocycles. The standard InChI is InChI=1S/C24H23N3O5/c1-30-20-10-9-16(14-21(20)31-2)11-13-25-22(28)15-27-18-7-3-4-8-19(18)32-23-17(24(27)29)6-5-12-26-23/h3-10,12,14H,11,13,15H2,1-2H3,(H,25,28). The number of aromatic nitrogens is 1. The highest BCUT2D eigenvalue weighted by Crippen LogP contribution is 2.37. The van der Waals surface area contributed by atoms with Crippen molar-refractivity contribution in [1.29, 1.82) is 0 Å². The minimum absolute atomic E-state index is 0.139. The molecule has 0 atom stereocenters. The van der Waals surface area contributed by atoms with Gasteiger partial charge < -0.3 is 19.5 Å². The first kappa shape index (κ1) is 21.2. The van der Waals surface area contributed by atoms with Gasteiger partial charge in [-0.15, -0.1) is 0 Å². The maximum atomic E-state index is 13.2. The molecule has 4 rings (SSSR count). The van der Waals surface area contributed by atoms with Gasteiger partial charge in [0.1, 0.15) is 12.1 Å². The van der Waals surface area contributed by atoms with Crippen molar-refractivity contribution in [2.24, 2.45) is 0 Å². The average Bonchev–Trinajstić information content (AvgIpc) is 2.93. The van der Waals surface area contributed by atoms with Crippen LogP contribution in [0.5, 0.6) is 23.1 Å². The monoisotopic (exact) mass is 433 g/mol. The van der Waals surface area contributed by atoms with E-state index in [0.717, 1.165) is 5.56 Å². The van der Waals surface area contributed by atoms with Crippen LogP contribution in [-0.4, -0.2) is 44.1 Å². The van der Waals surface area contributed by atoms with Gasteiger partial charge in [-0.3, -0.25) is 14.5 Å². The third-order valence-corrected chi connectivity index (χ3v) is 5.09. The Bertz CT molecular complexity index is 1150. The second-order valence-corrected chi connectivity index (χ2v) is 7.11. The highest BCUT2D eigenvalue weighted by molar-refractivity contribution is 6.11. The van der Waals surface area contributed by atoms with E-state index < -0.39 is 0 Å². The molecule has 0 unspecified atom stereocenters. The summed E-state index contributed by atoms with van der Waals surface area (Å²) < 4.78 is 16.4.